The molecule has 0 aliphatic heterocycles. The molecule has 4 nitrogen and oxygen atoms in total. The summed E-state index contributed by atoms with van der Waals surface area (Å²) in [5, 5.41) is 3.35. The van der Waals surface area contributed by atoms with E-state index in [0.717, 1.165) is 0 Å². The molecule has 0 atom stereocenters. The van der Waals surface area contributed by atoms with E-state index in [4.69, 9.17) is 16.0 Å². The van der Waals surface area contributed by atoms with Gasteiger partial charge in [-0.3, -0.25) is 4.79 Å². The van der Waals surface area contributed by atoms with Crippen LogP contribution in [0.25, 0.3) is 22.6 Å². The Kier molecular flexibility index (Phi) is 4.14. The molecule has 4 aromatic rings. The molecule has 0 unspecified atom stereocenters. The van der Waals surface area contributed by atoms with Gasteiger partial charge in [0.1, 0.15) is 11.3 Å². The van der Waals surface area contributed by atoms with Crippen molar-refractivity contribution >= 4 is 34.3 Å². The molecule has 0 radical (unpaired) electrons. The molecule has 3 aromatic carbocycles. The van der Waals surface area contributed by atoms with Crippen LogP contribution in [0.4, 0.5) is 10.1 Å². The molecule has 1 aromatic heterocycles. The average molecular weight is 367 g/mol. The van der Waals surface area contributed by atoms with Crippen molar-refractivity contribution in [1.82, 2.24) is 4.98 Å². The van der Waals surface area contributed by atoms with Crippen molar-refractivity contribution in [2.24, 2.45) is 0 Å². The molecule has 1 N–H and O–H groups in total. The van der Waals surface area contributed by atoms with Gasteiger partial charge in [-0.25, -0.2) is 9.37 Å². The number of carbonyl (C=O) groups is 1. The van der Waals surface area contributed by atoms with E-state index in [-0.39, 0.29) is 17.4 Å². The Hall–Kier alpha value is -3.18. The Balaban J connectivity index is 1.62. The minimum absolute atomic E-state index is 0.194. The molecule has 128 valence electrons. The van der Waals surface area contributed by atoms with Crippen LogP contribution in [-0.4, -0.2) is 10.9 Å². The zero-order valence-corrected chi connectivity index (χ0v) is 14.1. The predicted octanol–water partition coefficient (Wildman–Crippen LogP) is 5.54. The fourth-order valence-electron chi connectivity index (χ4n) is 2.56. The lowest BCUT2D eigenvalue weighted by molar-refractivity contribution is 0.102. The highest BCUT2D eigenvalue weighted by Crippen LogP contribution is 2.28. The maximum absolute atomic E-state index is 13.9. The van der Waals surface area contributed by atoms with Crippen LogP contribution in [0.2, 0.25) is 5.02 Å². The topological polar surface area (TPSA) is 55.1 Å². The number of anilines is 1. The summed E-state index contributed by atoms with van der Waals surface area (Å²) in [4.78, 5) is 16.6. The van der Waals surface area contributed by atoms with Crippen molar-refractivity contribution in [2.75, 3.05) is 5.32 Å². The lowest BCUT2D eigenvalue weighted by Crippen LogP contribution is -2.11. The fraction of sp³-hybridized carbons (Fsp3) is 0. The van der Waals surface area contributed by atoms with Gasteiger partial charge in [0.15, 0.2) is 5.58 Å². The predicted molar refractivity (Wildman–Crippen MR) is 98.8 cm³/mol. The number of halogens is 2. The van der Waals surface area contributed by atoms with Gasteiger partial charge in [0.25, 0.3) is 5.91 Å². The Bertz CT molecular complexity index is 1110. The van der Waals surface area contributed by atoms with Gasteiger partial charge in [-0.2, -0.15) is 0 Å². The molecular formula is C20H12ClFN2O2. The number of carbonyl (C=O) groups excluding carboxylic acids is 1. The quantitative estimate of drug-likeness (QED) is 0.518. The third-order valence-corrected chi connectivity index (χ3v) is 4.11. The average Bonchev–Trinajstić information content (AvgIpc) is 3.05. The number of oxazole rings is 1. The molecule has 0 aliphatic rings. The summed E-state index contributed by atoms with van der Waals surface area (Å²) in [5.41, 5.74) is 2.37. The van der Waals surface area contributed by atoms with Crippen LogP contribution in [0.15, 0.2) is 71.1 Å². The Morgan fingerprint density at radius 1 is 1.04 bits per heavy atom. The van der Waals surface area contributed by atoms with Crippen LogP contribution in [0.3, 0.4) is 0 Å². The number of aromatic nitrogens is 1. The van der Waals surface area contributed by atoms with Crippen LogP contribution in [-0.2, 0) is 0 Å². The van der Waals surface area contributed by atoms with Crippen molar-refractivity contribution in [2.45, 2.75) is 0 Å². The number of nitrogens with zero attached hydrogens (tertiary/aromatic N) is 1. The van der Waals surface area contributed by atoms with E-state index in [2.05, 4.69) is 10.3 Å². The summed E-state index contributed by atoms with van der Waals surface area (Å²) >= 11 is 5.83. The minimum atomic E-state index is -0.407. The van der Waals surface area contributed by atoms with E-state index in [1.54, 1.807) is 60.7 Å². The molecule has 0 aliphatic carbocycles. The summed E-state index contributed by atoms with van der Waals surface area (Å²) < 4.78 is 19.5. The zero-order valence-electron chi connectivity index (χ0n) is 13.4. The van der Waals surface area contributed by atoms with E-state index in [0.29, 0.717) is 27.4 Å². The summed E-state index contributed by atoms with van der Waals surface area (Å²) in [6.45, 7) is 0. The number of hydrogen-bond acceptors (Lipinski definition) is 3. The van der Waals surface area contributed by atoms with Gasteiger partial charge < -0.3 is 9.73 Å². The van der Waals surface area contributed by atoms with E-state index in [1.165, 1.54) is 6.07 Å². The van der Waals surface area contributed by atoms with E-state index in [1.807, 2.05) is 0 Å². The summed E-state index contributed by atoms with van der Waals surface area (Å²) in [5.74, 6) is -0.478. The van der Waals surface area contributed by atoms with Crippen LogP contribution in [0.1, 0.15) is 10.4 Å². The first-order valence-corrected chi connectivity index (χ1v) is 8.20. The van der Waals surface area contributed by atoms with Crippen molar-refractivity contribution < 1.29 is 13.6 Å². The number of amides is 1. The first-order chi connectivity index (χ1) is 12.6. The lowest BCUT2D eigenvalue weighted by Gasteiger charge is -2.05. The molecule has 26 heavy (non-hydrogen) atoms. The molecule has 0 fully saturated rings. The monoisotopic (exact) mass is 366 g/mol. The molecule has 0 saturated carbocycles. The fourth-order valence-corrected chi connectivity index (χ4v) is 2.69. The van der Waals surface area contributed by atoms with E-state index < -0.39 is 5.82 Å². The molecule has 1 heterocycles. The second-order valence-electron chi connectivity index (χ2n) is 5.64. The molecular weight excluding hydrogens is 355 g/mol. The van der Waals surface area contributed by atoms with Crippen LogP contribution < -0.4 is 5.32 Å². The lowest BCUT2D eigenvalue weighted by atomic mass is 10.2. The highest BCUT2D eigenvalue weighted by atomic mass is 35.5. The SMILES string of the molecule is O=C(Nc1ccc2oc(-c3ccccc3F)nc2c1)c1ccc(Cl)cc1. The first-order valence-electron chi connectivity index (χ1n) is 7.82. The molecule has 0 bridgehead atoms. The third-order valence-electron chi connectivity index (χ3n) is 3.86. The molecule has 0 saturated heterocycles. The van der Waals surface area contributed by atoms with Crippen LogP contribution in [0, 0.1) is 5.82 Å². The Labute approximate surface area is 153 Å². The van der Waals surface area contributed by atoms with Gasteiger partial charge in [0.2, 0.25) is 5.89 Å². The number of fused-ring (bicyclic) bond motifs is 1. The van der Waals surface area contributed by atoms with Crippen molar-refractivity contribution in [3.05, 3.63) is 83.1 Å². The largest absolute Gasteiger partial charge is 0.436 e. The zero-order chi connectivity index (χ0) is 18.1. The summed E-state index contributed by atoms with van der Waals surface area (Å²) in [7, 11) is 0. The smallest absolute Gasteiger partial charge is 0.255 e. The Morgan fingerprint density at radius 2 is 1.81 bits per heavy atom. The highest BCUT2D eigenvalue weighted by Gasteiger charge is 2.13. The maximum Gasteiger partial charge on any atom is 0.255 e. The molecule has 1 amide bonds. The Morgan fingerprint density at radius 3 is 2.58 bits per heavy atom. The number of rotatable bonds is 3. The van der Waals surface area contributed by atoms with Crippen molar-refractivity contribution in [3.63, 3.8) is 0 Å². The normalized spacial score (nSPS) is 10.8. The van der Waals surface area contributed by atoms with Gasteiger partial charge >= 0.3 is 0 Å². The molecule has 0 spiro atoms. The molecule has 4 rings (SSSR count). The second kappa shape index (κ2) is 6.61. The number of nitrogens with one attached hydrogen (secondary N) is 1. The third kappa shape index (κ3) is 3.17. The standard InChI is InChI=1S/C20H12ClFN2O2/c21-13-7-5-12(6-8-13)19(25)23-14-9-10-18-17(11-14)24-20(26-18)15-3-1-2-4-16(15)22/h1-11H,(H,23,25). The van der Waals surface area contributed by atoms with Gasteiger partial charge in [-0.1, -0.05) is 23.7 Å². The maximum atomic E-state index is 13.9. The van der Waals surface area contributed by atoms with Gasteiger partial charge in [0, 0.05) is 16.3 Å². The summed E-state index contributed by atoms with van der Waals surface area (Å²) in [6.07, 6.45) is 0. The van der Waals surface area contributed by atoms with Crippen LogP contribution >= 0.6 is 11.6 Å². The number of hydrogen-bond donors (Lipinski definition) is 1. The minimum Gasteiger partial charge on any atom is -0.436 e. The number of benzene rings is 3. The van der Waals surface area contributed by atoms with Gasteiger partial charge in [0.05, 0.1) is 5.56 Å². The van der Waals surface area contributed by atoms with E-state index >= 15 is 0 Å². The van der Waals surface area contributed by atoms with Crippen molar-refractivity contribution in [3.8, 4) is 11.5 Å². The molecule has 6 heteroatoms. The second-order valence-corrected chi connectivity index (χ2v) is 6.08. The highest BCUT2D eigenvalue weighted by molar-refractivity contribution is 6.30. The summed E-state index contributed by atoms with van der Waals surface area (Å²) in [6, 6.07) is 17.9. The van der Waals surface area contributed by atoms with E-state index in [9.17, 15) is 9.18 Å². The van der Waals surface area contributed by atoms with Gasteiger partial charge in [-0.05, 0) is 54.6 Å². The van der Waals surface area contributed by atoms with Gasteiger partial charge in [-0.15, -0.1) is 0 Å². The van der Waals surface area contributed by atoms with Crippen molar-refractivity contribution in [1.29, 1.82) is 0 Å². The first kappa shape index (κ1) is 16.3. The van der Waals surface area contributed by atoms with Crippen LogP contribution in [0.5, 0.6) is 0 Å².